The Morgan fingerprint density at radius 2 is 2.86 bits per heavy atom. The second-order valence-corrected chi connectivity index (χ2v) is 1.01. The van der Waals surface area contributed by atoms with E-state index >= 15 is 0 Å². The van der Waals surface area contributed by atoms with Gasteiger partial charge in [-0.25, -0.2) is 4.99 Å². The van der Waals surface area contributed by atoms with Gasteiger partial charge in [-0.3, -0.25) is 0 Å². The topological polar surface area (TPSA) is 54.2 Å². The van der Waals surface area contributed by atoms with Crippen LogP contribution in [0.15, 0.2) is 10.1 Å². The van der Waals surface area contributed by atoms with Crippen molar-refractivity contribution in [1.82, 2.24) is 0 Å². The van der Waals surface area contributed by atoms with E-state index in [9.17, 15) is 0 Å². The van der Waals surface area contributed by atoms with Crippen molar-refractivity contribution in [2.45, 2.75) is 0 Å². The van der Waals surface area contributed by atoms with Crippen molar-refractivity contribution in [3.05, 3.63) is 0 Å². The molecule has 1 N–H and O–H groups in total. The highest BCUT2D eigenvalue weighted by molar-refractivity contribution is 5.88. The maximum Gasteiger partial charge on any atom is 0.350 e. The van der Waals surface area contributed by atoms with Gasteiger partial charge in [0, 0.05) is 6.21 Å². The molecule has 0 spiro atoms. The standard InChI is InChI=1S/C3H4N2O2/c6-5-3-4-1-2-7-3/h1,6H,2H2. The van der Waals surface area contributed by atoms with Crippen LogP contribution in [-0.4, -0.2) is 24.1 Å². The van der Waals surface area contributed by atoms with Crippen LogP contribution in [0.3, 0.4) is 0 Å². The highest BCUT2D eigenvalue weighted by atomic mass is 16.5. The third-order valence-electron chi connectivity index (χ3n) is 0.574. The molecule has 0 radical (unpaired) electrons. The van der Waals surface area contributed by atoms with E-state index in [1.165, 1.54) is 6.21 Å². The van der Waals surface area contributed by atoms with Gasteiger partial charge in [0.15, 0.2) is 0 Å². The van der Waals surface area contributed by atoms with Crippen molar-refractivity contribution < 1.29 is 9.94 Å². The lowest BCUT2D eigenvalue weighted by Crippen LogP contribution is -1.91. The number of amidine groups is 1. The van der Waals surface area contributed by atoms with Crippen LogP contribution >= 0.6 is 0 Å². The Morgan fingerprint density at radius 3 is 3.14 bits per heavy atom. The Bertz CT molecular complexity index is 115. The SMILES string of the molecule is ON=C1N=CCO1. The largest absolute Gasteiger partial charge is 0.456 e. The molecule has 4 nitrogen and oxygen atoms in total. The fraction of sp³-hybridized carbons (Fsp3) is 0.333. The summed E-state index contributed by atoms with van der Waals surface area (Å²) in [6, 6.07) is 0.0417. The average Bonchev–Trinajstić information content (AvgIpc) is 2.14. The van der Waals surface area contributed by atoms with Crippen LogP contribution in [0.1, 0.15) is 0 Å². The summed E-state index contributed by atoms with van der Waals surface area (Å²) in [5.41, 5.74) is 0. The minimum absolute atomic E-state index is 0.0417. The molecule has 0 fully saturated rings. The molecule has 0 aromatic heterocycles. The van der Waals surface area contributed by atoms with Crippen molar-refractivity contribution in [1.29, 1.82) is 0 Å². The van der Waals surface area contributed by atoms with Gasteiger partial charge in [-0.1, -0.05) is 0 Å². The van der Waals surface area contributed by atoms with Crippen LogP contribution in [0.25, 0.3) is 0 Å². The molecular weight excluding hydrogens is 96.0 g/mol. The van der Waals surface area contributed by atoms with Crippen LogP contribution in [0.4, 0.5) is 0 Å². The molecule has 0 atom stereocenters. The Balaban J connectivity index is 2.59. The molecule has 38 valence electrons. The van der Waals surface area contributed by atoms with E-state index in [4.69, 9.17) is 5.21 Å². The Kier molecular flexibility index (Phi) is 0.934. The van der Waals surface area contributed by atoms with Crippen molar-refractivity contribution in [2.75, 3.05) is 6.61 Å². The van der Waals surface area contributed by atoms with Gasteiger partial charge in [0.1, 0.15) is 6.61 Å². The van der Waals surface area contributed by atoms with E-state index in [1.807, 2.05) is 0 Å². The van der Waals surface area contributed by atoms with Crippen LogP contribution in [-0.2, 0) is 4.74 Å². The van der Waals surface area contributed by atoms with Gasteiger partial charge in [0.05, 0.1) is 0 Å². The first-order valence-electron chi connectivity index (χ1n) is 1.81. The summed E-state index contributed by atoms with van der Waals surface area (Å²) in [5.74, 6) is 0. The summed E-state index contributed by atoms with van der Waals surface area (Å²) in [4.78, 5) is 3.51. The first-order valence-corrected chi connectivity index (χ1v) is 1.81. The first kappa shape index (κ1) is 4.11. The highest BCUT2D eigenvalue weighted by Crippen LogP contribution is 1.87. The zero-order chi connectivity index (χ0) is 5.11. The van der Waals surface area contributed by atoms with E-state index in [0.29, 0.717) is 6.61 Å². The van der Waals surface area contributed by atoms with Crippen molar-refractivity contribution >= 4 is 12.2 Å². The molecule has 0 aromatic carbocycles. The Labute approximate surface area is 40.1 Å². The number of hydrogen-bond acceptors (Lipinski definition) is 3. The van der Waals surface area contributed by atoms with Crippen molar-refractivity contribution in [2.24, 2.45) is 10.1 Å². The molecule has 1 aliphatic rings. The number of ether oxygens (including phenoxy) is 1. The first-order chi connectivity index (χ1) is 3.43. The fourth-order valence-electron chi connectivity index (χ4n) is 0.319. The average molecular weight is 100 g/mol. The van der Waals surface area contributed by atoms with Gasteiger partial charge < -0.3 is 9.94 Å². The van der Waals surface area contributed by atoms with Crippen LogP contribution in [0.5, 0.6) is 0 Å². The molecular formula is C3H4N2O2. The predicted octanol–water partition coefficient (Wildman–Crippen LogP) is -0.167. The molecule has 0 aliphatic carbocycles. The van der Waals surface area contributed by atoms with Gasteiger partial charge in [0.2, 0.25) is 0 Å². The molecule has 0 bridgehead atoms. The van der Waals surface area contributed by atoms with E-state index < -0.39 is 0 Å². The van der Waals surface area contributed by atoms with E-state index in [0.717, 1.165) is 0 Å². The lowest BCUT2D eigenvalue weighted by molar-refractivity contribution is 0.281. The number of hydrogen-bond donors (Lipinski definition) is 1. The number of oxime groups is 1. The van der Waals surface area contributed by atoms with Gasteiger partial charge in [-0.15, -0.1) is 0 Å². The van der Waals surface area contributed by atoms with Crippen LogP contribution in [0.2, 0.25) is 0 Å². The normalized spacial score (nSPS) is 23.1. The second-order valence-electron chi connectivity index (χ2n) is 1.01. The number of rotatable bonds is 0. The van der Waals surface area contributed by atoms with Gasteiger partial charge >= 0.3 is 6.02 Å². The molecule has 1 heterocycles. The minimum atomic E-state index is 0.0417. The molecule has 7 heavy (non-hydrogen) atoms. The van der Waals surface area contributed by atoms with Crippen molar-refractivity contribution in [3.63, 3.8) is 0 Å². The molecule has 0 aromatic rings. The third kappa shape index (κ3) is 0.677. The van der Waals surface area contributed by atoms with E-state index in [-0.39, 0.29) is 6.02 Å². The van der Waals surface area contributed by atoms with Gasteiger partial charge in [-0.05, 0) is 5.16 Å². The van der Waals surface area contributed by atoms with E-state index in [1.54, 1.807) is 0 Å². The summed E-state index contributed by atoms with van der Waals surface area (Å²) < 4.78 is 4.58. The smallest absolute Gasteiger partial charge is 0.350 e. The Morgan fingerprint density at radius 1 is 2.00 bits per heavy atom. The maximum absolute atomic E-state index is 7.92. The summed E-state index contributed by atoms with van der Waals surface area (Å²) >= 11 is 0. The van der Waals surface area contributed by atoms with Crippen molar-refractivity contribution in [3.8, 4) is 0 Å². The molecule has 1 aliphatic heterocycles. The molecule has 0 saturated heterocycles. The maximum atomic E-state index is 7.92. The third-order valence-corrected chi connectivity index (χ3v) is 0.574. The number of aliphatic imine (C=N–C) groups is 1. The lowest BCUT2D eigenvalue weighted by Gasteiger charge is -1.85. The highest BCUT2D eigenvalue weighted by Gasteiger charge is 2.00. The number of nitrogens with zero attached hydrogens (tertiary/aromatic N) is 2. The van der Waals surface area contributed by atoms with Gasteiger partial charge in [0.25, 0.3) is 0 Å². The van der Waals surface area contributed by atoms with E-state index in [2.05, 4.69) is 14.9 Å². The zero-order valence-corrected chi connectivity index (χ0v) is 3.53. The molecule has 1 rings (SSSR count). The predicted molar refractivity (Wildman–Crippen MR) is 23.7 cm³/mol. The summed E-state index contributed by atoms with van der Waals surface area (Å²) in [5, 5.41) is 10.6. The van der Waals surface area contributed by atoms with Gasteiger partial charge in [-0.2, -0.15) is 0 Å². The zero-order valence-electron chi connectivity index (χ0n) is 3.53. The molecule has 0 saturated carbocycles. The second kappa shape index (κ2) is 1.59. The van der Waals surface area contributed by atoms with Crippen LogP contribution < -0.4 is 0 Å². The Hall–Kier alpha value is -1.06. The minimum Gasteiger partial charge on any atom is -0.456 e. The monoisotopic (exact) mass is 100 g/mol. The summed E-state index contributed by atoms with van der Waals surface area (Å²) in [7, 11) is 0. The lowest BCUT2D eigenvalue weighted by atomic mass is 10.8. The summed E-state index contributed by atoms with van der Waals surface area (Å²) in [6.07, 6.45) is 1.52. The molecule has 0 amide bonds. The fourth-order valence-corrected chi connectivity index (χ4v) is 0.319. The molecule has 0 unspecified atom stereocenters. The quantitative estimate of drug-likeness (QED) is 0.339. The summed E-state index contributed by atoms with van der Waals surface area (Å²) in [6.45, 7) is 0.416. The molecule has 4 heteroatoms. The van der Waals surface area contributed by atoms with Crippen LogP contribution in [0, 0.1) is 0 Å².